The van der Waals surface area contributed by atoms with Crippen LogP contribution >= 0.6 is 22.9 Å². The number of carbonyl (C=O) groups excluding carboxylic acids is 1. The molecule has 4 aromatic rings. The molecule has 2 aromatic carbocycles. The van der Waals surface area contributed by atoms with Gasteiger partial charge in [0.2, 0.25) is 4.96 Å². The van der Waals surface area contributed by atoms with Crippen LogP contribution in [0, 0.1) is 5.82 Å². The van der Waals surface area contributed by atoms with E-state index in [4.69, 9.17) is 11.6 Å². The molecule has 1 aliphatic rings. The second kappa shape index (κ2) is 9.01. The number of hydrogen-bond donors (Lipinski definition) is 0. The van der Waals surface area contributed by atoms with Crippen LogP contribution in [0.3, 0.4) is 0 Å². The molecule has 0 spiro atoms. The summed E-state index contributed by atoms with van der Waals surface area (Å²) in [7, 11) is 0. The normalized spacial score (nSPS) is 14.7. The Hall–Kier alpha value is -3.14. The summed E-state index contributed by atoms with van der Waals surface area (Å²) in [6, 6.07) is 14.5. The Morgan fingerprint density at radius 1 is 1.06 bits per heavy atom. The van der Waals surface area contributed by atoms with E-state index < -0.39 is 0 Å². The molecule has 5 rings (SSSR count). The van der Waals surface area contributed by atoms with Gasteiger partial charge in [0.05, 0.1) is 5.69 Å². The summed E-state index contributed by atoms with van der Waals surface area (Å²) in [5.41, 5.74) is 1.59. The van der Waals surface area contributed by atoms with E-state index in [9.17, 15) is 14.0 Å². The van der Waals surface area contributed by atoms with Crippen molar-refractivity contribution in [3.05, 3.63) is 87.0 Å². The third kappa shape index (κ3) is 4.66. The van der Waals surface area contributed by atoms with Gasteiger partial charge in [-0.1, -0.05) is 35.1 Å². The number of nitrogens with zero attached hydrogens (tertiary/aromatic N) is 5. The maximum Gasteiger partial charge on any atom is 0.275 e. The van der Waals surface area contributed by atoms with Gasteiger partial charge >= 0.3 is 0 Å². The molecule has 3 heterocycles. The van der Waals surface area contributed by atoms with Crippen molar-refractivity contribution < 1.29 is 9.18 Å². The molecule has 2 aromatic heterocycles. The number of aromatic nitrogens is 3. The Morgan fingerprint density at radius 2 is 1.82 bits per heavy atom. The fraction of sp³-hybridized carbons (Fsp3) is 0.217. The number of hydrogen-bond acceptors (Lipinski definition) is 6. The number of halogens is 2. The molecule has 0 atom stereocenters. The SMILES string of the molecule is O=C(c1ccc(Cl)cc1)N1CCN(Cc2cc(=O)n3nc(-c4cccc(F)c4)sc3n2)CC1. The lowest BCUT2D eigenvalue weighted by Crippen LogP contribution is -2.48. The molecule has 0 N–H and O–H groups in total. The molecule has 0 saturated carbocycles. The molecule has 0 unspecified atom stereocenters. The van der Waals surface area contributed by atoms with Crippen LogP contribution in [-0.2, 0) is 6.54 Å². The summed E-state index contributed by atoms with van der Waals surface area (Å²) < 4.78 is 14.8. The van der Waals surface area contributed by atoms with Gasteiger partial charge in [0, 0.05) is 54.9 Å². The number of piperazine rings is 1. The minimum atomic E-state index is -0.360. The second-order valence-electron chi connectivity index (χ2n) is 7.77. The van der Waals surface area contributed by atoms with Gasteiger partial charge in [0.1, 0.15) is 10.8 Å². The first kappa shape index (κ1) is 21.7. The monoisotopic (exact) mass is 483 g/mol. The average Bonchev–Trinajstić information content (AvgIpc) is 3.25. The van der Waals surface area contributed by atoms with Crippen molar-refractivity contribution >= 4 is 33.8 Å². The van der Waals surface area contributed by atoms with E-state index in [0.717, 1.165) is 0 Å². The molecule has 7 nitrogen and oxygen atoms in total. The first-order chi connectivity index (χ1) is 16.0. The van der Waals surface area contributed by atoms with Crippen molar-refractivity contribution in [3.8, 4) is 10.6 Å². The first-order valence-corrected chi connectivity index (χ1v) is 11.6. The van der Waals surface area contributed by atoms with Crippen molar-refractivity contribution in [1.29, 1.82) is 0 Å². The minimum absolute atomic E-state index is 0.0151. The summed E-state index contributed by atoms with van der Waals surface area (Å²) in [4.78, 5) is 34.3. The topological polar surface area (TPSA) is 70.8 Å². The average molecular weight is 484 g/mol. The Labute approximate surface area is 197 Å². The molecular formula is C23H19ClFN5O2S. The van der Waals surface area contributed by atoms with Gasteiger partial charge in [0.25, 0.3) is 11.5 Å². The first-order valence-electron chi connectivity index (χ1n) is 10.4. The maximum atomic E-state index is 13.6. The van der Waals surface area contributed by atoms with Gasteiger partial charge in [0.15, 0.2) is 0 Å². The number of fused-ring (bicyclic) bond motifs is 1. The Kier molecular flexibility index (Phi) is 5.92. The fourth-order valence-electron chi connectivity index (χ4n) is 3.79. The van der Waals surface area contributed by atoms with Crippen molar-refractivity contribution in [1.82, 2.24) is 24.4 Å². The molecule has 1 fully saturated rings. The number of carbonyl (C=O) groups is 1. The largest absolute Gasteiger partial charge is 0.336 e. The van der Waals surface area contributed by atoms with Crippen LogP contribution in [0.15, 0.2) is 59.4 Å². The lowest BCUT2D eigenvalue weighted by Gasteiger charge is -2.34. The van der Waals surface area contributed by atoms with Crippen LogP contribution in [0.2, 0.25) is 5.02 Å². The highest BCUT2D eigenvalue weighted by molar-refractivity contribution is 7.19. The summed E-state index contributed by atoms with van der Waals surface area (Å²) in [5.74, 6) is -0.375. The molecule has 1 amide bonds. The zero-order valence-corrected chi connectivity index (χ0v) is 19.0. The van der Waals surface area contributed by atoms with E-state index in [-0.39, 0.29) is 17.3 Å². The van der Waals surface area contributed by atoms with Crippen LogP contribution < -0.4 is 5.56 Å². The van der Waals surface area contributed by atoms with E-state index in [2.05, 4.69) is 15.0 Å². The molecule has 33 heavy (non-hydrogen) atoms. The maximum absolute atomic E-state index is 13.6. The van der Waals surface area contributed by atoms with Gasteiger partial charge in [-0.3, -0.25) is 14.5 Å². The molecule has 0 radical (unpaired) electrons. The molecule has 1 aliphatic heterocycles. The van der Waals surface area contributed by atoms with Crippen LogP contribution in [-0.4, -0.2) is 56.5 Å². The molecular weight excluding hydrogens is 465 g/mol. The van der Waals surface area contributed by atoms with E-state index in [1.165, 1.54) is 34.1 Å². The smallest absolute Gasteiger partial charge is 0.275 e. The van der Waals surface area contributed by atoms with E-state index >= 15 is 0 Å². The minimum Gasteiger partial charge on any atom is -0.336 e. The summed E-state index contributed by atoms with van der Waals surface area (Å²) in [6.07, 6.45) is 0. The number of rotatable bonds is 4. The van der Waals surface area contributed by atoms with Crippen molar-refractivity contribution in [2.75, 3.05) is 26.2 Å². The number of benzene rings is 2. The van der Waals surface area contributed by atoms with Crippen molar-refractivity contribution in [3.63, 3.8) is 0 Å². The van der Waals surface area contributed by atoms with E-state index in [1.807, 2.05) is 4.90 Å². The van der Waals surface area contributed by atoms with Gasteiger partial charge < -0.3 is 4.90 Å². The fourth-order valence-corrected chi connectivity index (χ4v) is 4.84. The zero-order valence-electron chi connectivity index (χ0n) is 17.4. The van der Waals surface area contributed by atoms with Crippen molar-refractivity contribution in [2.45, 2.75) is 6.54 Å². The summed E-state index contributed by atoms with van der Waals surface area (Å²) >= 11 is 7.15. The molecule has 168 valence electrons. The Morgan fingerprint density at radius 3 is 2.55 bits per heavy atom. The van der Waals surface area contributed by atoms with Gasteiger partial charge in [-0.05, 0) is 36.4 Å². The molecule has 0 aliphatic carbocycles. The second-order valence-corrected chi connectivity index (χ2v) is 9.17. The highest BCUT2D eigenvalue weighted by Crippen LogP contribution is 2.25. The number of amides is 1. The van der Waals surface area contributed by atoms with Crippen LogP contribution in [0.5, 0.6) is 0 Å². The lowest BCUT2D eigenvalue weighted by atomic mass is 10.2. The molecule has 0 bridgehead atoms. The van der Waals surface area contributed by atoms with Crippen molar-refractivity contribution in [2.24, 2.45) is 0 Å². The van der Waals surface area contributed by atoms with Crippen LogP contribution in [0.4, 0.5) is 4.39 Å². The predicted octanol–water partition coefficient (Wildman–Crippen LogP) is 3.57. The third-order valence-electron chi connectivity index (χ3n) is 5.51. The van der Waals surface area contributed by atoms with Crippen LogP contribution in [0.25, 0.3) is 15.5 Å². The summed E-state index contributed by atoms with van der Waals surface area (Å²) in [6.45, 7) is 3.04. The Bertz CT molecular complexity index is 1380. The highest BCUT2D eigenvalue weighted by atomic mass is 35.5. The Balaban J connectivity index is 1.27. The molecule has 10 heteroatoms. The molecule has 1 saturated heterocycles. The standard InChI is InChI=1S/C23H19ClFN5O2S/c24-17-6-4-15(5-7-17)22(32)29-10-8-28(9-11-29)14-19-13-20(31)30-23(26-19)33-21(27-30)16-2-1-3-18(25)12-16/h1-7,12-13H,8-11,14H2. The van der Waals surface area contributed by atoms with Gasteiger partial charge in [-0.15, -0.1) is 0 Å². The van der Waals surface area contributed by atoms with Gasteiger partial charge in [-0.25, -0.2) is 9.37 Å². The third-order valence-corrected chi connectivity index (χ3v) is 6.72. The van der Waals surface area contributed by atoms with Gasteiger partial charge in [-0.2, -0.15) is 9.61 Å². The zero-order chi connectivity index (χ0) is 22.9. The van der Waals surface area contributed by atoms with Crippen LogP contribution in [0.1, 0.15) is 16.1 Å². The highest BCUT2D eigenvalue weighted by Gasteiger charge is 2.23. The summed E-state index contributed by atoms with van der Waals surface area (Å²) in [5, 5.41) is 5.43. The van der Waals surface area contributed by atoms with E-state index in [0.29, 0.717) is 64.5 Å². The van der Waals surface area contributed by atoms with E-state index in [1.54, 1.807) is 36.4 Å². The predicted molar refractivity (Wildman–Crippen MR) is 125 cm³/mol. The lowest BCUT2D eigenvalue weighted by molar-refractivity contribution is 0.0627. The quantitative estimate of drug-likeness (QED) is 0.444.